The molecule has 2 aromatic carbocycles. The van der Waals surface area contributed by atoms with Crippen molar-refractivity contribution in [2.24, 2.45) is 4.99 Å². The van der Waals surface area contributed by atoms with Crippen molar-refractivity contribution in [2.75, 3.05) is 31.4 Å². The van der Waals surface area contributed by atoms with E-state index in [-0.39, 0.29) is 19.5 Å². The number of halogens is 5. The number of hydrogen-bond acceptors (Lipinski definition) is 9. The molecule has 262 valence electrons. The first kappa shape index (κ1) is 35.4. The van der Waals surface area contributed by atoms with Gasteiger partial charge in [0.05, 0.1) is 48.8 Å². The van der Waals surface area contributed by atoms with Crippen LogP contribution in [0.4, 0.5) is 38.5 Å². The van der Waals surface area contributed by atoms with Crippen LogP contribution in [0.3, 0.4) is 0 Å². The lowest BCUT2D eigenvalue weighted by Gasteiger charge is -2.37. The summed E-state index contributed by atoms with van der Waals surface area (Å²) in [7, 11) is 2.49. The van der Waals surface area contributed by atoms with E-state index in [0.29, 0.717) is 65.9 Å². The maximum absolute atomic E-state index is 15.0. The molecule has 17 heteroatoms. The summed E-state index contributed by atoms with van der Waals surface area (Å²) >= 11 is 5.83. The Hall–Kier alpha value is -4.86. The second-order valence-electron chi connectivity index (χ2n) is 11.4. The van der Waals surface area contributed by atoms with Crippen molar-refractivity contribution in [3.8, 4) is 11.3 Å². The van der Waals surface area contributed by atoms with Gasteiger partial charge in [-0.25, -0.2) is 23.8 Å². The number of hydrogen-bond donors (Lipinski definition) is 3. The van der Waals surface area contributed by atoms with Crippen molar-refractivity contribution < 1.29 is 46.2 Å². The Morgan fingerprint density at radius 3 is 2.59 bits per heavy atom. The second kappa shape index (κ2) is 14.7. The van der Waals surface area contributed by atoms with Crippen molar-refractivity contribution in [1.29, 1.82) is 0 Å². The van der Waals surface area contributed by atoms with Crippen LogP contribution in [0.5, 0.6) is 0 Å². The number of aliphatic imine (C=N–C) groups is 1. The number of imidazole rings is 1. The van der Waals surface area contributed by atoms with E-state index in [1.165, 1.54) is 19.1 Å². The first-order valence-electron chi connectivity index (χ1n) is 15.2. The number of nitrogens with one attached hydrogen (secondary N) is 3. The number of alkyl halides is 3. The summed E-state index contributed by atoms with van der Waals surface area (Å²) in [4.78, 5) is 51.8. The molecule has 0 aliphatic carbocycles. The zero-order valence-corrected chi connectivity index (χ0v) is 27.2. The third-order valence-electron chi connectivity index (χ3n) is 8.37. The lowest BCUT2D eigenvalue weighted by atomic mass is 9.96. The monoisotopic (exact) mass is 708 g/mol. The molecule has 3 N–H and O–H groups in total. The summed E-state index contributed by atoms with van der Waals surface area (Å²) in [6.45, 7) is 3.58. The number of anilines is 2. The first-order chi connectivity index (χ1) is 23.4. The minimum absolute atomic E-state index is 0.0812. The van der Waals surface area contributed by atoms with Crippen LogP contribution in [0.1, 0.15) is 66.9 Å². The van der Waals surface area contributed by atoms with Gasteiger partial charge in [-0.05, 0) is 49.9 Å². The number of benzene rings is 2. The molecule has 1 aromatic heterocycles. The Balaban J connectivity index is 1.54. The van der Waals surface area contributed by atoms with Gasteiger partial charge in [-0.3, -0.25) is 15.2 Å². The zero-order chi connectivity index (χ0) is 35.5. The number of aromatic amines is 1. The highest BCUT2D eigenvalue weighted by Gasteiger charge is 2.42. The second-order valence-corrected chi connectivity index (χ2v) is 11.8. The fourth-order valence-electron chi connectivity index (χ4n) is 6.07. The van der Waals surface area contributed by atoms with Crippen molar-refractivity contribution in [3.63, 3.8) is 0 Å². The van der Waals surface area contributed by atoms with Crippen LogP contribution >= 0.6 is 11.6 Å². The number of rotatable bonds is 6. The molecule has 2 bridgehead atoms. The summed E-state index contributed by atoms with van der Waals surface area (Å²) < 4.78 is 71.8. The van der Waals surface area contributed by atoms with E-state index in [0.717, 1.165) is 6.07 Å². The third-order valence-corrected chi connectivity index (χ3v) is 8.66. The Kier molecular flexibility index (Phi) is 10.6. The number of nitrogens with zero attached hydrogens (tertiary/aromatic N) is 3. The van der Waals surface area contributed by atoms with Gasteiger partial charge in [-0.2, -0.15) is 13.2 Å². The van der Waals surface area contributed by atoms with E-state index in [9.17, 15) is 27.6 Å². The van der Waals surface area contributed by atoms with Gasteiger partial charge in [-0.15, -0.1) is 0 Å². The van der Waals surface area contributed by atoms with E-state index < -0.39 is 64.5 Å². The predicted octanol–water partition coefficient (Wildman–Crippen LogP) is 7.42. The first-order valence-corrected chi connectivity index (χ1v) is 15.6. The van der Waals surface area contributed by atoms with E-state index in [4.69, 9.17) is 30.8 Å². The van der Waals surface area contributed by atoms with Gasteiger partial charge in [0.15, 0.2) is 0 Å². The van der Waals surface area contributed by atoms with Crippen LogP contribution in [-0.2, 0) is 31.7 Å². The van der Waals surface area contributed by atoms with Crippen molar-refractivity contribution in [2.45, 2.75) is 63.0 Å². The Morgan fingerprint density at radius 2 is 1.92 bits per heavy atom. The van der Waals surface area contributed by atoms with Crippen LogP contribution < -0.4 is 10.6 Å². The van der Waals surface area contributed by atoms with Gasteiger partial charge >= 0.3 is 24.3 Å². The number of fused-ring (bicyclic) bond motifs is 4. The molecule has 2 amide bonds. The van der Waals surface area contributed by atoms with E-state index in [1.807, 2.05) is 0 Å². The summed E-state index contributed by atoms with van der Waals surface area (Å²) in [6, 6.07) is 4.82. The fraction of sp³-hybridized carbons (Fsp3) is 0.406. The lowest BCUT2D eigenvalue weighted by Crippen LogP contribution is -2.42. The number of H-pyrrole nitrogens is 1. The molecule has 49 heavy (non-hydrogen) atoms. The molecule has 0 radical (unpaired) electrons. The summed E-state index contributed by atoms with van der Waals surface area (Å²) in [6.07, 6.45) is -6.66. The van der Waals surface area contributed by atoms with Gasteiger partial charge < -0.3 is 24.5 Å². The number of carbonyl (C=O) groups is 3. The molecule has 1 saturated heterocycles. The van der Waals surface area contributed by atoms with Crippen LogP contribution in [-0.4, -0.2) is 66.5 Å². The average Bonchev–Trinajstić information content (AvgIpc) is 3.47. The molecule has 3 heterocycles. The smallest absolute Gasteiger partial charge is 0.416 e. The number of methoxy groups -OCH3 is 2. The van der Waals surface area contributed by atoms with Crippen LogP contribution in [0, 0.1) is 5.82 Å². The van der Waals surface area contributed by atoms with Gasteiger partial charge in [0, 0.05) is 35.5 Å². The third kappa shape index (κ3) is 7.58. The number of aromatic nitrogens is 2. The molecule has 1 unspecified atom stereocenters. The molecule has 5 rings (SSSR count). The number of esters is 1. The molecule has 3 aromatic rings. The Bertz CT molecular complexity index is 1750. The number of amides is 2. The summed E-state index contributed by atoms with van der Waals surface area (Å²) in [5, 5.41) is 5.28. The number of ether oxygens (including phenoxy) is 3. The van der Waals surface area contributed by atoms with Crippen LogP contribution in [0.15, 0.2) is 35.3 Å². The average molecular weight is 709 g/mol. The summed E-state index contributed by atoms with van der Waals surface area (Å²) in [5.74, 6) is -1.48. The Labute approximate surface area is 283 Å². The molecular formula is C32H33ClF4N6O6. The van der Waals surface area contributed by atoms with E-state index >= 15 is 4.39 Å². The van der Waals surface area contributed by atoms with Crippen molar-refractivity contribution in [1.82, 2.24) is 14.9 Å². The molecule has 0 saturated carbocycles. The topological polar surface area (TPSA) is 147 Å². The molecular weight excluding hydrogens is 676 g/mol. The molecule has 3 atom stereocenters. The normalized spacial score (nSPS) is 19.7. The standard InChI is InChI=1S/C32H33ClF4N6O6/c1-38-15-22-27-17-9-8-16(39-30(45)48-3)14-21(17)40-20(29(44)47-2)6-4-5-7-23(28(41-22)42-27)43-13-12-24(49-31(43)46)25-18(32(35,36)37)10-11-19(33)26(25)34/h8-11,14,20,23-24,40H,1,4-7,12-13,15H2,2-3H3,(H,39,45)(H,41,42)/t20-,23+,24?/m1/s1. The molecule has 0 spiro atoms. The van der Waals surface area contributed by atoms with Crippen LogP contribution in [0.25, 0.3) is 11.3 Å². The van der Waals surface area contributed by atoms with Gasteiger partial charge in [0.1, 0.15) is 23.8 Å². The lowest BCUT2D eigenvalue weighted by molar-refractivity contribution is -0.142. The van der Waals surface area contributed by atoms with Gasteiger partial charge in [-0.1, -0.05) is 24.4 Å². The molecule has 12 nitrogen and oxygen atoms in total. The maximum Gasteiger partial charge on any atom is 0.416 e. The van der Waals surface area contributed by atoms with Crippen LogP contribution in [0.2, 0.25) is 5.02 Å². The molecule has 1 fully saturated rings. The minimum Gasteiger partial charge on any atom is -0.467 e. The highest BCUT2D eigenvalue weighted by molar-refractivity contribution is 6.30. The maximum atomic E-state index is 15.0. The SMILES string of the molecule is C=NCc1[nH]c2nc1-c1ccc(NC(=O)OC)cc1N[C@@H](C(=O)OC)CCCC[C@@H]2N1CCC(c2c(C(F)(F)F)ccc(Cl)c2F)OC1=O. The predicted molar refractivity (Wildman–Crippen MR) is 171 cm³/mol. The highest BCUT2D eigenvalue weighted by Crippen LogP contribution is 2.43. The molecule has 2 aliphatic rings. The highest BCUT2D eigenvalue weighted by atomic mass is 35.5. The number of cyclic esters (lactones) is 1. The van der Waals surface area contributed by atoms with Gasteiger partial charge in [0.25, 0.3) is 0 Å². The van der Waals surface area contributed by atoms with Crippen molar-refractivity contribution in [3.05, 3.63) is 63.8 Å². The largest absolute Gasteiger partial charge is 0.467 e. The summed E-state index contributed by atoms with van der Waals surface area (Å²) in [5.41, 5.74) is 0.117. The number of carbonyl (C=O) groups excluding carboxylic acids is 3. The zero-order valence-electron chi connectivity index (χ0n) is 26.5. The van der Waals surface area contributed by atoms with Gasteiger partial charge in [0.2, 0.25) is 0 Å². The quantitative estimate of drug-likeness (QED) is 0.104. The Morgan fingerprint density at radius 1 is 1.16 bits per heavy atom. The van der Waals surface area contributed by atoms with E-state index in [2.05, 4.69) is 27.3 Å². The van der Waals surface area contributed by atoms with Crippen molar-refractivity contribution >= 4 is 47.8 Å². The minimum atomic E-state index is -4.92. The molecule has 2 aliphatic heterocycles. The van der Waals surface area contributed by atoms with E-state index in [1.54, 1.807) is 18.2 Å². The fourth-order valence-corrected chi connectivity index (χ4v) is 6.23.